The molecule has 66 valence electrons. The molecule has 0 atom stereocenters. The van der Waals surface area contributed by atoms with Gasteiger partial charge >= 0.3 is 32.2 Å². The first-order valence-electron chi connectivity index (χ1n) is 3.11. The zero-order valence-corrected chi connectivity index (χ0v) is 9.66. The molecule has 0 radical (unpaired) electrons. The zero-order chi connectivity index (χ0) is 8.27. The Morgan fingerprint density at radius 3 is 2.25 bits per heavy atom. The Balaban J connectivity index is 0.00000121. The van der Waals surface area contributed by atoms with Crippen LogP contribution in [-0.2, 0) is 4.74 Å². The van der Waals surface area contributed by atoms with Crippen LogP contribution in [0.2, 0.25) is 0 Å². The summed E-state index contributed by atoms with van der Waals surface area (Å²) >= 11 is 0. The maximum atomic E-state index is 10.8. The molecule has 0 saturated carbocycles. The van der Waals surface area contributed by atoms with Crippen molar-refractivity contribution in [3.8, 4) is 5.75 Å². The van der Waals surface area contributed by atoms with Gasteiger partial charge in [-0.1, -0.05) is 0 Å². The molecule has 0 bridgehead atoms. The molecule has 0 spiro atoms. The molecule has 1 N–H and O–H groups in total. The summed E-state index contributed by atoms with van der Waals surface area (Å²) in [5.41, 5.74) is 0.435. The van der Waals surface area contributed by atoms with E-state index in [0.29, 0.717) is 5.56 Å². The average molecular weight is 363 g/mol. The van der Waals surface area contributed by atoms with E-state index in [1.54, 1.807) is 0 Å². The van der Waals surface area contributed by atoms with E-state index in [4.69, 9.17) is 5.11 Å². The molecule has 12 heavy (non-hydrogen) atoms. The Morgan fingerprint density at radius 1 is 1.33 bits per heavy atom. The molecule has 0 aromatic heterocycles. The van der Waals surface area contributed by atoms with Gasteiger partial charge in [0.05, 0.1) is 12.7 Å². The number of esters is 1. The summed E-state index contributed by atoms with van der Waals surface area (Å²) in [6.45, 7) is 0. The van der Waals surface area contributed by atoms with E-state index in [1.165, 1.54) is 31.4 Å². The Labute approximate surface area is 89.5 Å². The van der Waals surface area contributed by atoms with Crippen molar-refractivity contribution in [2.45, 2.75) is 0 Å². The second-order valence-corrected chi connectivity index (χ2v) is 2.04. The standard InChI is InChI=1S/C8H8O3.AtH/c1-11-8(10)6-2-4-7(9)5-3-6;/h2-5,9H,1H3;1H. The monoisotopic (exact) mass is 363 g/mol. The molecule has 0 unspecified atom stereocenters. The minimum atomic E-state index is -0.398. The predicted octanol–water partition coefficient (Wildman–Crippen LogP) is 0.911. The van der Waals surface area contributed by atoms with E-state index >= 15 is 0 Å². The molecule has 0 aliphatic carbocycles. The van der Waals surface area contributed by atoms with E-state index < -0.39 is 5.97 Å². The Bertz CT molecular complexity index is 256. The van der Waals surface area contributed by atoms with Crippen LogP contribution in [0.1, 0.15) is 10.4 Å². The Kier molecular flexibility index (Phi) is 4.83. The van der Waals surface area contributed by atoms with Gasteiger partial charge in [0.2, 0.25) is 0 Å². The summed E-state index contributed by atoms with van der Waals surface area (Å²) in [6, 6.07) is 5.88. The van der Waals surface area contributed by atoms with Crippen molar-refractivity contribution in [3.05, 3.63) is 29.8 Å². The number of phenols is 1. The van der Waals surface area contributed by atoms with Crippen molar-refractivity contribution in [2.75, 3.05) is 7.11 Å². The minimum absolute atomic E-state index is 0. The van der Waals surface area contributed by atoms with Crippen molar-refractivity contribution in [2.24, 2.45) is 0 Å². The summed E-state index contributed by atoms with van der Waals surface area (Å²) in [5.74, 6) is -0.261. The number of aromatic hydroxyl groups is 1. The van der Waals surface area contributed by atoms with Crippen LogP contribution in [0.4, 0.5) is 0 Å². The van der Waals surface area contributed by atoms with E-state index in [-0.39, 0.29) is 32.0 Å². The third-order valence-electron chi connectivity index (χ3n) is 1.29. The van der Waals surface area contributed by atoms with Gasteiger partial charge < -0.3 is 9.84 Å². The first-order valence-corrected chi connectivity index (χ1v) is 3.11. The molecule has 0 aliphatic heterocycles. The third kappa shape index (κ3) is 2.78. The van der Waals surface area contributed by atoms with Gasteiger partial charge in [-0.15, -0.1) is 0 Å². The number of carbonyl (C=O) groups is 1. The van der Waals surface area contributed by atoms with Gasteiger partial charge in [-0.25, -0.2) is 4.79 Å². The quantitative estimate of drug-likeness (QED) is 0.755. The van der Waals surface area contributed by atoms with Crippen molar-refractivity contribution in [3.63, 3.8) is 0 Å². The van der Waals surface area contributed by atoms with E-state index in [9.17, 15) is 4.79 Å². The summed E-state index contributed by atoms with van der Waals surface area (Å²) in [5, 5.41) is 8.86. The van der Waals surface area contributed by atoms with Crippen molar-refractivity contribution in [1.29, 1.82) is 0 Å². The molecule has 4 heteroatoms. The van der Waals surface area contributed by atoms with Crippen molar-refractivity contribution in [1.82, 2.24) is 0 Å². The number of rotatable bonds is 1. The van der Waals surface area contributed by atoms with Crippen LogP contribution >= 0.6 is 0 Å². The molecule has 0 aliphatic rings. The molecule has 1 aromatic rings. The first kappa shape index (κ1) is 11.4. The van der Waals surface area contributed by atoms with E-state index in [0.717, 1.165) is 0 Å². The van der Waals surface area contributed by atoms with Crippen LogP contribution in [0.3, 0.4) is 0 Å². The van der Waals surface area contributed by atoms with Crippen LogP contribution in [0.15, 0.2) is 24.3 Å². The number of benzene rings is 1. The number of carbonyl (C=O) groups excluding carboxylic acids is 1. The van der Waals surface area contributed by atoms with Crippen molar-refractivity contribution < 1.29 is 40.8 Å². The van der Waals surface area contributed by atoms with Crippen molar-refractivity contribution >= 4 is 5.97 Å². The number of hydrogen-bond acceptors (Lipinski definition) is 3. The summed E-state index contributed by atoms with van der Waals surface area (Å²) < 4.78 is 4.46. The van der Waals surface area contributed by atoms with Gasteiger partial charge in [0.25, 0.3) is 0 Å². The topological polar surface area (TPSA) is 46.5 Å². The van der Waals surface area contributed by atoms with E-state index in [2.05, 4.69) is 4.74 Å². The summed E-state index contributed by atoms with van der Waals surface area (Å²) in [4.78, 5) is 10.8. The summed E-state index contributed by atoms with van der Waals surface area (Å²) in [6.07, 6.45) is 0. The van der Waals surface area contributed by atoms with Gasteiger partial charge in [0.15, 0.2) is 0 Å². The summed E-state index contributed by atoms with van der Waals surface area (Å²) in [7, 11) is 1.31. The Hall–Kier alpha value is -0.627. The van der Waals surface area contributed by atoms with Gasteiger partial charge in [0, 0.05) is 0 Å². The third-order valence-corrected chi connectivity index (χ3v) is 1.29. The number of ether oxygens (including phenoxy) is 1. The SMILES string of the molecule is COC(=O)c1ccc(O)cc1.[AtH]. The maximum absolute atomic E-state index is 10.8. The predicted molar refractivity (Wildman–Crippen MR) is 40.8 cm³/mol. The van der Waals surface area contributed by atoms with Crippen LogP contribution in [0.25, 0.3) is 0 Å². The zero-order valence-electron chi connectivity index (χ0n) is 6.48. The fourth-order valence-electron chi connectivity index (χ4n) is 0.715. The Morgan fingerprint density at radius 2 is 1.83 bits per heavy atom. The fourth-order valence-corrected chi connectivity index (χ4v) is 0.715. The van der Waals surface area contributed by atoms with Crippen LogP contribution in [0, 0.1) is 26.2 Å². The molecule has 0 saturated heterocycles. The van der Waals surface area contributed by atoms with Gasteiger partial charge in [-0.3, -0.25) is 0 Å². The molecule has 3 nitrogen and oxygen atoms in total. The van der Waals surface area contributed by atoms with Crippen LogP contribution in [0.5, 0.6) is 5.75 Å². The first-order chi connectivity index (χ1) is 5.24. The van der Waals surface area contributed by atoms with Gasteiger partial charge in [-0.2, -0.15) is 0 Å². The molecular weight excluding hydrogens is 354 g/mol. The average Bonchev–Trinajstić information content (AvgIpc) is 2.05. The molecule has 0 heterocycles. The van der Waals surface area contributed by atoms with Gasteiger partial charge in [-0.05, 0) is 24.3 Å². The number of phenolic OH excluding ortho intramolecular Hbond substituents is 1. The van der Waals surface area contributed by atoms with E-state index in [1.807, 2.05) is 0 Å². The second-order valence-electron chi connectivity index (χ2n) is 2.04. The normalized spacial score (nSPS) is 8.42. The molecule has 1 aromatic carbocycles. The number of methoxy groups -OCH3 is 1. The fraction of sp³-hybridized carbons (Fsp3) is 0.125. The van der Waals surface area contributed by atoms with Gasteiger partial charge in [0.1, 0.15) is 5.75 Å². The van der Waals surface area contributed by atoms with Crippen LogP contribution in [-0.4, -0.2) is 18.2 Å². The molecule has 0 fully saturated rings. The molecule has 1 rings (SSSR count). The van der Waals surface area contributed by atoms with Crippen LogP contribution < -0.4 is 0 Å². The second kappa shape index (κ2) is 5.10. The number of hydrogen-bond donors (Lipinski definition) is 1. The molecular formula is C8H9AtO3. The molecule has 0 amide bonds.